The van der Waals surface area contributed by atoms with Crippen molar-refractivity contribution in [2.24, 2.45) is 0 Å². The summed E-state index contributed by atoms with van der Waals surface area (Å²) in [5.41, 5.74) is 0.420. The van der Waals surface area contributed by atoms with Gasteiger partial charge in [-0.15, -0.1) is 0 Å². The number of anilines is 1. The summed E-state index contributed by atoms with van der Waals surface area (Å²) in [5.74, 6) is -2.10. The van der Waals surface area contributed by atoms with Gasteiger partial charge in [-0.05, 0) is 36.4 Å². The molecule has 0 aliphatic carbocycles. The quantitative estimate of drug-likeness (QED) is 0.615. The molecule has 0 aliphatic heterocycles. The monoisotopic (exact) mass is 421 g/mol. The largest absolute Gasteiger partial charge is 0.468 e. The average Bonchev–Trinajstić information content (AvgIpc) is 2.73. The van der Waals surface area contributed by atoms with E-state index >= 15 is 0 Å². The lowest BCUT2D eigenvalue weighted by Gasteiger charge is -2.20. The van der Waals surface area contributed by atoms with Crippen molar-refractivity contribution in [2.45, 2.75) is 4.90 Å². The van der Waals surface area contributed by atoms with E-state index in [0.717, 1.165) is 19.1 Å². The molecule has 0 fully saturated rings. The average molecular weight is 421 g/mol. The van der Waals surface area contributed by atoms with Crippen molar-refractivity contribution in [3.05, 3.63) is 54.4 Å². The molecule has 1 heterocycles. The zero-order valence-electron chi connectivity index (χ0n) is 15.7. The van der Waals surface area contributed by atoms with Gasteiger partial charge in [-0.1, -0.05) is 0 Å². The number of aromatic nitrogens is 1. The summed E-state index contributed by atoms with van der Waals surface area (Å²) in [6.45, 7) is -0.928. The number of esters is 2. The SMILES string of the molecule is COC(=O)CN(CC(=O)OC)C(=O)c1ccc(S(=O)(=O)Nc2ccncc2)cc1. The highest BCUT2D eigenvalue weighted by atomic mass is 32.2. The molecule has 2 aromatic rings. The Balaban J connectivity index is 2.20. The molecule has 1 N–H and O–H groups in total. The summed E-state index contributed by atoms with van der Waals surface area (Å²) in [6.07, 6.45) is 2.88. The first-order chi connectivity index (χ1) is 13.8. The number of methoxy groups -OCH3 is 2. The van der Waals surface area contributed by atoms with Gasteiger partial charge >= 0.3 is 11.9 Å². The molecule has 0 radical (unpaired) electrons. The van der Waals surface area contributed by atoms with Crippen LogP contribution in [-0.2, 0) is 29.1 Å². The Bertz CT molecular complexity index is 958. The number of nitrogens with one attached hydrogen (secondary N) is 1. The number of carbonyl (C=O) groups is 3. The number of nitrogens with zero attached hydrogens (tertiary/aromatic N) is 2. The second-order valence-electron chi connectivity index (χ2n) is 5.68. The summed E-state index contributed by atoms with van der Waals surface area (Å²) in [7, 11) is -1.57. The van der Waals surface area contributed by atoms with Gasteiger partial charge in [-0.2, -0.15) is 0 Å². The number of carbonyl (C=O) groups excluding carboxylic acids is 3. The van der Waals surface area contributed by atoms with Crippen molar-refractivity contribution in [1.82, 2.24) is 9.88 Å². The molecule has 1 amide bonds. The highest BCUT2D eigenvalue weighted by molar-refractivity contribution is 7.92. The Morgan fingerprint density at radius 3 is 1.93 bits per heavy atom. The Morgan fingerprint density at radius 2 is 1.45 bits per heavy atom. The zero-order valence-corrected chi connectivity index (χ0v) is 16.5. The molecule has 154 valence electrons. The second-order valence-corrected chi connectivity index (χ2v) is 7.36. The van der Waals surface area contributed by atoms with Crippen LogP contribution in [0.4, 0.5) is 5.69 Å². The lowest BCUT2D eigenvalue weighted by atomic mass is 10.2. The maximum absolute atomic E-state index is 12.6. The molecular weight excluding hydrogens is 402 g/mol. The fourth-order valence-corrected chi connectivity index (χ4v) is 3.29. The molecule has 29 heavy (non-hydrogen) atoms. The first-order valence-electron chi connectivity index (χ1n) is 8.22. The number of hydrogen-bond donors (Lipinski definition) is 1. The minimum atomic E-state index is -3.87. The van der Waals surface area contributed by atoms with E-state index in [1.54, 1.807) is 0 Å². The van der Waals surface area contributed by atoms with Crippen LogP contribution in [0.1, 0.15) is 10.4 Å². The Hall–Kier alpha value is -3.47. The summed E-state index contributed by atoms with van der Waals surface area (Å²) in [6, 6.07) is 8.03. The highest BCUT2D eigenvalue weighted by Gasteiger charge is 2.23. The molecule has 11 heteroatoms. The van der Waals surface area contributed by atoms with E-state index in [-0.39, 0.29) is 10.5 Å². The van der Waals surface area contributed by atoms with Crippen LogP contribution in [0, 0.1) is 0 Å². The number of hydrogen-bond acceptors (Lipinski definition) is 8. The van der Waals surface area contributed by atoms with E-state index in [9.17, 15) is 22.8 Å². The van der Waals surface area contributed by atoms with Crippen molar-refractivity contribution >= 4 is 33.6 Å². The van der Waals surface area contributed by atoms with Crippen molar-refractivity contribution in [1.29, 1.82) is 0 Å². The van der Waals surface area contributed by atoms with Crippen LogP contribution in [0.25, 0.3) is 0 Å². The van der Waals surface area contributed by atoms with E-state index in [0.29, 0.717) is 5.69 Å². The minimum absolute atomic E-state index is 0.0710. The normalized spacial score (nSPS) is 10.7. The van der Waals surface area contributed by atoms with E-state index in [2.05, 4.69) is 19.2 Å². The van der Waals surface area contributed by atoms with Gasteiger partial charge in [0.05, 0.1) is 24.8 Å². The molecule has 0 unspecified atom stereocenters. The molecule has 0 aliphatic rings. The summed E-state index contributed by atoms with van der Waals surface area (Å²) in [5, 5.41) is 0. The molecular formula is C18H19N3O7S. The van der Waals surface area contributed by atoms with Crippen LogP contribution < -0.4 is 4.72 Å². The third-order valence-electron chi connectivity index (χ3n) is 3.73. The van der Waals surface area contributed by atoms with Crippen molar-refractivity contribution in [2.75, 3.05) is 32.0 Å². The third-order valence-corrected chi connectivity index (χ3v) is 5.12. The zero-order chi connectivity index (χ0) is 21.4. The first kappa shape index (κ1) is 21.8. The summed E-state index contributed by atoms with van der Waals surface area (Å²) < 4.78 is 36.3. The van der Waals surface area contributed by atoms with Crippen molar-refractivity contribution in [3.8, 4) is 0 Å². The number of ether oxygens (including phenoxy) is 2. The second kappa shape index (κ2) is 9.64. The molecule has 2 rings (SSSR count). The predicted octanol–water partition coefficient (Wildman–Crippen LogP) is 0.671. The molecule has 0 atom stereocenters. The maximum atomic E-state index is 12.6. The van der Waals surface area contributed by atoms with Crippen LogP contribution in [0.15, 0.2) is 53.7 Å². The topological polar surface area (TPSA) is 132 Å². The summed E-state index contributed by atoms with van der Waals surface area (Å²) >= 11 is 0. The Labute approximate surface area is 167 Å². The minimum Gasteiger partial charge on any atom is -0.468 e. The molecule has 1 aromatic carbocycles. The van der Waals surface area contributed by atoms with Crippen LogP contribution >= 0.6 is 0 Å². The fourth-order valence-electron chi connectivity index (χ4n) is 2.23. The maximum Gasteiger partial charge on any atom is 0.325 e. The molecule has 0 saturated carbocycles. The Morgan fingerprint density at radius 1 is 0.931 bits per heavy atom. The fraction of sp³-hybridized carbons (Fsp3) is 0.222. The number of amides is 1. The van der Waals surface area contributed by atoms with Gasteiger partial charge in [0.25, 0.3) is 15.9 Å². The number of benzene rings is 1. The van der Waals surface area contributed by atoms with Crippen LogP contribution in [0.3, 0.4) is 0 Å². The van der Waals surface area contributed by atoms with Gasteiger partial charge in [0.15, 0.2) is 0 Å². The van der Waals surface area contributed by atoms with Crippen LogP contribution in [0.2, 0.25) is 0 Å². The highest BCUT2D eigenvalue weighted by Crippen LogP contribution is 2.17. The van der Waals surface area contributed by atoms with Gasteiger partial charge in [0, 0.05) is 18.0 Å². The van der Waals surface area contributed by atoms with Crippen molar-refractivity contribution < 1.29 is 32.3 Å². The Kier molecular flexibility index (Phi) is 7.26. The number of rotatable bonds is 8. The molecule has 10 nitrogen and oxygen atoms in total. The number of sulfonamides is 1. The van der Waals surface area contributed by atoms with Gasteiger partial charge in [-0.3, -0.25) is 24.1 Å². The van der Waals surface area contributed by atoms with Gasteiger partial charge in [0.2, 0.25) is 0 Å². The molecule has 0 saturated heterocycles. The van der Waals surface area contributed by atoms with Gasteiger partial charge in [0.1, 0.15) is 13.1 Å². The predicted molar refractivity (Wildman–Crippen MR) is 101 cm³/mol. The van der Waals surface area contributed by atoms with E-state index in [4.69, 9.17) is 0 Å². The smallest absolute Gasteiger partial charge is 0.325 e. The lowest BCUT2D eigenvalue weighted by molar-refractivity contribution is -0.144. The van der Waals surface area contributed by atoms with Crippen LogP contribution in [-0.4, -0.2) is 63.5 Å². The molecule has 0 spiro atoms. The first-order valence-corrected chi connectivity index (χ1v) is 9.71. The van der Waals surface area contributed by atoms with E-state index in [1.165, 1.54) is 48.8 Å². The van der Waals surface area contributed by atoms with Crippen LogP contribution in [0.5, 0.6) is 0 Å². The third kappa shape index (κ3) is 6.01. The van der Waals surface area contributed by atoms with Gasteiger partial charge < -0.3 is 14.4 Å². The van der Waals surface area contributed by atoms with E-state index in [1.807, 2.05) is 0 Å². The van der Waals surface area contributed by atoms with Gasteiger partial charge in [-0.25, -0.2) is 8.42 Å². The number of pyridine rings is 1. The summed E-state index contributed by atoms with van der Waals surface area (Å²) in [4.78, 5) is 40.4. The molecule has 1 aromatic heterocycles. The standard InChI is InChI=1S/C18H19N3O7S/c1-27-16(22)11-21(12-17(23)28-2)18(24)13-3-5-15(6-4-13)29(25,26)20-14-7-9-19-10-8-14/h3-10H,11-12H2,1-2H3,(H,19,20). The molecule has 0 bridgehead atoms. The lowest BCUT2D eigenvalue weighted by Crippen LogP contribution is -2.40. The van der Waals surface area contributed by atoms with Crippen molar-refractivity contribution in [3.63, 3.8) is 0 Å². The van der Waals surface area contributed by atoms with E-state index < -0.39 is 41.0 Å².